The Morgan fingerprint density at radius 3 is 2.62 bits per heavy atom. The number of nitrogens with one attached hydrogen (secondary N) is 1. The van der Waals surface area contributed by atoms with Crippen LogP contribution in [0.1, 0.15) is 30.9 Å². The summed E-state index contributed by atoms with van der Waals surface area (Å²) in [5.41, 5.74) is 0.347. The molecule has 4 rings (SSSR count). The number of benzene rings is 1. The van der Waals surface area contributed by atoms with Crippen LogP contribution in [0, 0.1) is 17.6 Å². The number of hydrogen-bond acceptors (Lipinski definition) is 4. The second kappa shape index (κ2) is 7.84. The van der Waals surface area contributed by atoms with E-state index in [1.807, 2.05) is 16.8 Å². The van der Waals surface area contributed by atoms with Gasteiger partial charge in [-0.2, -0.15) is 11.3 Å². The molecule has 1 atom stereocenters. The molecule has 0 saturated carbocycles. The number of thiophene rings is 1. The summed E-state index contributed by atoms with van der Waals surface area (Å²) in [6.45, 7) is 3.72. The molecule has 0 radical (unpaired) electrons. The van der Waals surface area contributed by atoms with Crippen LogP contribution in [0.4, 0.5) is 13.6 Å². The van der Waals surface area contributed by atoms with Gasteiger partial charge in [0.15, 0.2) is 11.6 Å². The Bertz CT molecular complexity index is 913. The summed E-state index contributed by atoms with van der Waals surface area (Å²) < 4.78 is 27.4. The molecule has 2 saturated heterocycles. The first kappa shape index (κ1) is 20.0. The maximum Gasteiger partial charge on any atom is 0.325 e. The van der Waals surface area contributed by atoms with Crippen molar-refractivity contribution < 1.29 is 18.4 Å². The number of piperidine rings is 1. The summed E-state index contributed by atoms with van der Waals surface area (Å²) in [5, 5.41) is 6.76. The van der Waals surface area contributed by atoms with E-state index in [2.05, 4.69) is 10.2 Å². The molecule has 1 aromatic heterocycles. The predicted octanol–water partition coefficient (Wildman–Crippen LogP) is 3.75. The number of amides is 3. The molecule has 8 heteroatoms. The molecule has 0 bridgehead atoms. The molecule has 2 aliphatic heterocycles. The summed E-state index contributed by atoms with van der Waals surface area (Å²) in [4.78, 5) is 28.9. The maximum absolute atomic E-state index is 13.9. The third kappa shape index (κ3) is 3.79. The van der Waals surface area contributed by atoms with Crippen LogP contribution >= 0.6 is 11.3 Å². The smallest absolute Gasteiger partial charge is 0.323 e. The van der Waals surface area contributed by atoms with Gasteiger partial charge in [-0.1, -0.05) is 12.1 Å². The fourth-order valence-corrected chi connectivity index (χ4v) is 4.94. The molecule has 1 unspecified atom stereocenters. The Morgan fingerprint density at radius 1 is 1.17 bits per heavy atom. The minimum atomic E-state index is -0.927. The summed E-state index contributed by atoms with van der Waals surface area (Å²) in [7, 11) is 0. The molecule has 29 heavy (non-hydrogen) atoms. The lowest BCUT2D eigenvalue weighted by atomic mass is 9.79. The molecule has 0 aliphatic carbocycles. The third-order valence-corrected chi connectivity index (χ3v) is 6.78. The fraction of sp³-hybridized carbons (Fsp3) is 0.429. The highest BCUT2D eigenvalue weighted by Crippen LogP contribution is 2.34. The Morgan fingerprint density at radius 2 is 1.93 bits per heavy atom. The standard InChI is InChI=1S/C21H23F2N3O2S/c1-21(19(27)26(20(28)24-21)11-14-7-10-29-13-14)16-5-8-25(9-6-16)12-15-3-2-4-17(22)18(15)23/h2-4,7,10,13,16H,5-6,8-9,11-12H2,1H3,(H,24,28). The minimum Gasteiger partial charge on any atom is -0.323 e. The molecule has 3 heterocycles. The Balaban J connectivity index is 1.39. The van der Waals surface area contributed by atoms with Crippen LogP contribution in [0.5, 0.6) is 0 Å². The van der Waals surface area contributed by atoms with Crippen LogP contribution in [-0.4, -0.2) is 40.4 Å². The number of hydrogen-bond donors (Lipinski definition) is 1. The number of imide groups is 1. The molecule has 2 aromatic rings. The maximum atomic E-state index is 13.9. The number of rotatable bonds is 5. The predicted molar refractivity (Wildman–Crippen MR) is 106 cm³/mol. The molecule has 5 nitrogen and oxygen atoms in total. The van der Waals surface area contributed by atoms with E-state index in [0.29, 0.717) is 38.0 Å². The average Bonchev–Trinajstić information content (AvgIpc) is 3.29. The first-order valence-electron chi connectivity index (χ1n) is 9.69. The summed E-state index contributed by atoms with van der Waals surface area (Å²) >= 11 is 1.53. The van der Waals surface area contributed by atoms with Crippen molar-refractivity contribution in [2.45, 2.75) is 38.4 Å². The number of carbonyl (C=O) groups excluding carboxylic acids is 2. The normalized spacial score (nSPS) is 23.6. The van der Waals surface area contributed by atoms with Crippen molar-refractivity contribution in [3.63, 3.8) is 0 Å². The van der Waals surface area contributed by atoms with Crippen LogP contribution in [-0.2, 0) is 17.9 Å². The first-order valence-corrected chi connectivity index (χ1v) is 10.6. The number of carbonyl (C=O) groups is 2. The van der Waals surface area contributed by atoms with Crippen LogP contribution in [0.25, 0.3) is 0 Å². The van der Waals surface area contributed by atoms with Crippen LogP contribution in [0.2, 0.25) is 0 Å². The van der Waals surface area contributed by atoms with Crippen molar-refractivity contribution in [2.24, 2.45) is 5.92 Å². The van der Waals surface area contributed by atoms with Crippen LogP contribution < -0.4 is 5.32 Å². The number of halogens is 2. The van der Waals surface area contributed by atoms with Gasteiger partial charge in [0.25, 0.3) is 5.91 Å². The highest BCUT2D eigenvalue weighted by atomic mass is 32.1. The summed E-state index contributed by atoms with van der Waals surface area (Å²) in [6.07, 6.45) is 1.40. The second-order valence-corrected chi connectivity index (χ2v) is 8.70. The quantitative estimate of drug-likeness (QED) is 0.751. The van der Waals surface area contributed by atoms with Gasteiger partial charge in [0, 0.05) is 12.1 Å². The molecule has 0 spiro atoms. The van der Waals surface area contributed by atoms with Crippen molar-refractivity contribution in [3.8, 4) is 0 Å². The lowest BCUT2D eigenvalue weighted by molar-refractivity contribution is -0.133. The van der Waals surface area contributed by atoms with E-state index in [9.17, 15) is 18.4 Å². The molecule has 154 valence electrons. The van der Waals surface area contributed by atoms with Crippen molar-refractivity contribution in [1.82, 2.24) is 15.1 Å². The summed E-state index contributed by atoms with van der Waals surface area (Å²) in [6, 6.07) is 5.77. The van der Waals surface area contributed by atoms with E-state index in [1.54, 1.807) is 13.0 Å². The zero-order valence-corrected chi connectivity index (χ0v) is 17.0. The monoisotopic (exact) mass is 419 g/mol. The van der Waals surface area contributed by atoms with Crippen LogP contribution in [0.15, 0.2) is 35.0 Å². The van der Waals surface area contributed by atoms with Gasteiger partial charge in [-0.25, -0.2) is 13.6 Å². The second-order valence-electron chi connectivity index (χ2n) is 7.92. The van der Waals surface area contributed by atoms with E-state index in [4.69, 9.17) is 0 Å². The van der Waals surface area contributed by atoms with Crippen molar-refractivity contribution in [1.29, 1.82) is 0 Å². The van der Waals surface area contributed by atoms with Gasteiger partial charge in [-0.15, -0.1) is 0 Å². The lowest BCUT2D eigenvalue weighted by Crippen LogP contribution is -2.53. The number of nitrogens with zero attached hydrogens (tertiary/aromatic N) is 2. The zero-order chi connectivity index (χ0) is 20.6. The zero-order valence-electron chi connectivity index (χ0n) is 16.2. The van der Waals surface area contributed by atoms with Gasteiger partial charge >= 0.3 is 6.03 Å². The molecule has 3 amide bonds. The van der Waals surface area contributed by atoms with Gasteiger partial charge in [0.2, 0.25) is 0 Å². The minimum absolute atomic E-state index is 0.0000288. The third-order valence-electron chi connectivity index (χ3n) is 6.05. The van der Waals surface area contributed by atoms with Gasteiger partial charge < -0.3 is 5.32 Å². The number of likely N-dealkylation sites (tertiary alicyclic amines) is 1. The fourth-order valence-electron chi connectivity index (χ4n) is 4.28. The molecular weight excluding hydrogens is 396 g/mol. The average molecular weight is 419 g/mol. The van der Waals surface area contributed by atoms with Crippen LogP contribution in [0.3, 0.4) is 0 Å². The van der Waals surface area contributed by atoms with Gasteiger partial charge in [0.05, 0.1) is 6.54 Å². The van der Waals surface area contributed by atoms with E-state index in [0.717, 1.165) is 11.6 Å². The van der Waals surface area contributed by atoms with Crippen molar-refractivity contribution >= 4 is 23.3 Å². The Labute approximate surface area is 172 Å². The van der Waals surface area contributed by atoms with E-state index >= 15 is 0 Å². The van der Waals surface area contributed by atoms with E-state index < -0.39 is 17.2 Å². The summed E-state index contributed by atoms with van der Waals surface area (Å²) in [5.74, 6) is -1.83. The Kier molecular flexibility index (Phi) is 5.40. The molecule has 1 N–H and O–H groups in total. The van der Waals surface area contributed by atoms with Gasteiger partial charge in [-0.05, 0) is 67.2 Å². The number of urea groups is 1. The molecule has 2 aliphatic rings. The topological polar surface area (TPSA) is 52.7 Å². The highest BCUT2D eigenvalue weighted by molar-refractivity contribution is 7.07. The molecule has 2 fully saturated rings. The van der Waals surface area contributed by atoms with Gasteiger partial charge in [0.1, 0.15) is 5.54 Å². The van der Waals surface area contributed by atoms with E-state index in [1.165, 1.54) is 22.3 Å². The lowest BCUT2D eigenvalue weighted by Gasteiger charge is -2.39. The Hall–Kier alpha value is -2.32. The van der Waals surface area contributed by atoms with Gasteiger partial charge in [-0.3, -0.25) is 14.6 Å². The SMILES string of the molecule is CC1(C2CCN(Cc3cccc(F)c3F)CC2)NC(=O)N(Cc2ccsc2)C1=O. The molecule has 1 aromatic carbocycles. The molecular formula is C21H23F2N3O2S. The van der Waals surface area contributed by atoms with Crippen molar-refractivity contribution in [3.05, 3.63) is 57.8 Å². The first-order chi connectivity index (χ1) is 13.9. The van der Waals surface area contributed by atoms with E-state index in [-0.39, 0.29) is 24.4 Å². The highest BCUT2D eigenvalue weighted by Gasteiger charge is 2.52. The van der Waals surface area contributed by atoms with Crippen molar-refractivity contribution in [2.75, 3.05) is 13.1 Å². The largest absolute Gasteiger partial charge is 0.325 e.